The molecule has 44 heavy (non-hydrogen) atoms. The highest BCUT2D eigenvalue weighted by Crippen LogP contribution is 2.45. The molecule has 9 nitrogen and oxygen atoms in total. The van der Waals surface area contributed by atoms with E-state index in [4.69, 9.17) is 9.47 Å². The summed E-state index contributed by atoms with van der Waals surface area (Å²) in [4.78, 5) is 34.4. The number of halogens is 4. The molecule has 2 aliphatic rings. The number of rotatable bonds is 5. The number of carbonyl (C=O) groups excluding carboxylic acids is 1. The number of aromatic nitrogens is 2. The van der Waals surface area contributed by atoms with Crippen molar-refractivity contribution in [3.05, 3.63) is 49.3 Å². The highest BCUT2D eigenvalue weighted by atomic mass is 127. The van der Waals surface area contributed by atoms with Crippen LogP contribution in [-0.4, -0.2) is 58.0 Å². The fourth-order valence-corrected chi connectivity index (χ4v) is 8.03. The topological polar surface area (TPSA) is 120 Å². The predicted molar refractivity (Wildman–Crippen MR) is 169 cm³/mol. The first-order valence-electron chi connectivity index (χ1n) is 13.9. The molecule has 2 atom stereocenters. The van der Waals surface area contributed by atoms with Gasteiger partial charge in [0, 0.05) is 27.5 Å². The molecule has 2 aromatic carbocycles. The Morgan fingerprint density at radius 3 is 2.86 bits per heavy atom. The Balaban J connectivity index is 1.44. The fraction of sp³-hybridized carbons (Fsp3) is 0.400. The largest absolute Gasteiger partial charge is 0.463 e. The zero-order chi connectivity index (χ0) is 31.6. The van der Waals surface area contributed by atoms with Gasteiger partial charge in [-0.05, 0) is 80.4 Å². The molecular weight excluding hydrogens is 710 g/mol. The van der Waals surface area contributed by atoms with Gasteiger partial charge < -0.3 is 9.47 Å². The summed E-state index contributed by atoms with van der Waals surface area (Å²) >= 11 is 2.70. The van der Waals surface area contributed by atoms with Crippen LogP contribution in [0.2, 0.25) is 0 Å². The Labute approximate surface area is 267 Å². The molecule has 2 aromatic heterocycles. The molecule has 0 unspecified atom stereocenters. The van der Waals surface area contributed by atoms with Gasteiger partial charge in [-0.15, -0.1) is 11.3 Å². The predicted octanol–water partition coefficient (Wildman–Crippen LogP) is 6.86. The number of nitrogens with zero attached hydrogens (tertiary/aromatic N) is 3. The van der Waals surface area contributed by atoms with Crippen molar-refractivity contribution in [3.63, 3.8) is 0 Å². The van der Waals surface area contributed by atoms with Crippen LogP contribution in [0.5, 0.6) is 6.01 Å². The molecule has 14 heteroatoms. The second-order valence-electron chi connectivity index (χ2n) is 12.0. The summed E-state index contributed by atoms with van der Waals surface area (Å²) in [5.41, 5.74) is -2.09. The van der Waals surface area contributed by atoms with Gasteiger partial charge in [0.05, 0.1) is 21.2 Å². The number of nitriles is 1. The second-order valence-corrected chi connectivity index (χ2v) is 14.2. The van der Waals surface area contributed by atoms with Crippen LogP contribution in [0, 0.1) is 26.5 Å². The molecule has 230 valence electrons. The van der Waals surface area contributed by atoms with Gasteiger partial charge in [0.1, 0.15) is 40.8 Å². The van der Waals surface area contributed by atoms with E-state index in [-0.39, 0.29) is 55.3 Å². The van der Waals surface area contributed by atoms with Crippen molar-refractivity contribution in [2.45, 2.75) is 57.3 Å². The zero-order valence-electron chi connectivity index (χ0n) is 23.9. The van der Waals surface area contributed by atoms with Crippen molar-refractivity contribution in [1.82, 2.24) is 14.9 Å². The van der Waals surface area contributed by atoms with Crippen molar-refractivity contribution >= 4 is 66.0 Å². The van der Waals surface area contributed by atoms with Crippen molar-refractivity contribution in [2.75, 3.05) is 25.0 Å². The van der Waals surface area contributed by atoms with Crippen LogP contribution in [0.4, 0.5) is 23.0 Å². The van der Waals surface area contributed by atoms with Crippen LogP contribution in [-0.2, 0) is 4.74 Å². The maximum absolute atomic E-state index is 16.5. The molecule has 0 radical (unpaired) electrons. The molecule has 2 fully saturated rings. The van der Waals surface area contributed by atoms with Crippen molar-refractivity contribution in [1.29, 1.82) is 5.26 Å². The van der Waals surface area contributed by atoms with Crippen LogP contribution in [0.1, 0.15) is 45.6 Å². The number of aromatic amines is 1. The Bertz CT molecular complexity index is 1930. The van der Waals surface area contributed by atoms with E-state index >= 15 is 8.78 Å². The number of ether oxygens (including phenoxy) is 2. The van der Waals surface area contributed by atoms with E-state index in [1.165, 1.54) is 12.1 Å². The van der Waals surface area contributed by atoms with E-state index in [1.807, 2.05) is 28.7 Å². The van der Waals surface area contributed by atoms with Crippen molar-refractivity contribution in [3.8, 4) is 23.2 Å². The molecule has 4 heterocycles. The first-order chi connectivity index (χ1) is 20.8. The van der Waals surface area contributed by atoms with Gasteiger partial charge in [-0.1, -0.05) is 6.07 Å². The molecule has 0 aliphatic carbocycles. The van der Waals surface area contributed by atoms with Gasteiger partial charge >= 0.3 is 6.09 Å². The molecule has 4 aromatic rings. The second kappa shape index (κ2) is 11.2. The highest BCUT2D eigenvalue weighted by Gasteiger charge is 2.49. The molecule has 2 saturated heterocycles. The molecule has 2 aliphatic heterocycles. The van der Waals surface area contributed by atoms with E-state index < -0.39 is 40.6 Å². The standard InChI is InChI=1S/C30H27F3IN5O4S/c1-29(2,3)43-28(41)38-26-17(11-35)20-15(5-6-18(32)24(20)44-26)21-19(34)9-16-23(22(21)33)36-27(37-25(16)40)42-13-30-7-4-8-39(30)12-14(31)10-30/h5-6,9,14H,4,7-8,10,12-13H2,1-3H3,(H,38,41)(H,36,37,40)/t14-,30+/m1/s1. The van der Waals surface area contributed by atoms with E-state index in [0.29, 0.717) is 16.5 Å². The number of alkyl halides is 1. The van der Waals surface area contributed by atoms with E-state index in [1.54, 1.807) is 20.8 Å². The minimum atomic E-state index is -0.965. The minimum absolute atomic E-state index is 0.00175. The maximum atomic E-state index is 16.5. The molecule has 0 bridgehead atoms. The average Bonchev–Trinajstić information content (AvgIpc) is 3.58. The highest BCUT2D eigenvalue weighted by molar-refractivity contribution is 14.1. The fourth-order valence-electron chi connectivity index (χ4n) is 6.12. The lowest BCUT2D eigenvalue weighted by Gasteiger charge is -2.30. The first-order valence-corrected chi connectivity index (χ1v) is 15.8. The van der Waals surface area contributed by atoms with Crippen LogP contribution in [0.3, 0.4) is 0 Å². The number of H-pyrrole nitrogens is 1. The third-order valence-corrected chi connectivity index (χ3v) is 9.86. The maximum Gasteiger partial charge on any atom is 0.412 e. The Kier molecular flexibility index (Phi) is 7.78. The Morgan fingerprint density at radius 2 is 2.14 bits per heavy atom. The number of fused-ring (bicyclic) bond motifs is 3. The Hall–Kier alpha value is -3.42. The smallest absolute Gasteiger partial charge is 0.412 e. The zero-order valence-corrected chi connectivity index (χ0v) is 26.9. The van der Waals surface area contributed by atoms with Gasteiger partial charge in [0.2, 0.25) is 0 Å². The summed E-state index contributed by atoms with van der Waals surface area (Å²) in [5.74, 6) is -1.52. The molecule has 0 saturated carbocycles. The summed E-state index contributed by atoms with van der Waals surface area (Å²) in [6.45, 7) is 6.21. The van der Waals surface area contributed by atoms with E-state index in [2.05, 4.69) is 20.2 Å². The number of anilines is 1. The molecule has 1 amide bonds. The van der Waals surface area contributed by atoms with Crippen LogP contribution in [0.25, 0.3) is 32.1 Å². The lowest BCUT2D eigenvalue weighted by molar-refractivity contribution is 0.0636. The Morgan fingerprint density at radius 1 is 1.36 bits per heavy atom. The molecule has 6 rings (SSSR count). The monoisotopic (exact) mass is 737 g/mol. The molecule has 2 N–H and O–H groups in total. The SMILES string of the molecule is CC(C)(C)OC(=O)Nc1sc2c(F)ccc(-c3c(I)cc4c(=O)[nH]c(OC[C@@]56CCCN5C[C@H](F)C6)nc4c3F)c2c1C#N. The number of hydrogen-bond acceptors (Lipinski definition) is 8. The lowest BCUT2D eigenvalue weighted by Crippen LogP contribution is -2.43. The van der Waals surface area contributed by atoms with Gasteiger partial charge in [-0.3, -0.25) is 20.0 Å². The van der Waals surface area contributed by atoms with Crippen LogP contribution >= 0.6 is 33.9 Å². The number of nitrogens with one attached hydrogen (secondary N) is 2. The number of benzene rings is 2. The van der Waals surface area contributed by atoms with Crippen molar-refractivity contribution in [2.24, 2.45) is 0 Å². The van der Waals surface area contributed by atoms with Crippen molar-refractivity contribution < 1.29 is 27.4 Å². The summed E-state index contributed by atoms with van der Waals surface area (Å²) in [7, 11) is 0. The summed E-state index contributed by atoms with van der Waals surface area (Å²) < 4.78 is 57.2. The van der Waals surface area contributed by atoms with Gasteiger partial charge in [0.15, 0.2) is 5.82 Å². The van der Waals surface area contributed by atoms with Gasteiger partial charge in [-0.2, -0.15) is 10.2 Å². The number of thiophene rings is 1. The van der Waals surface area contributed by atoms with Crippen LogP contribution in [0.15, 0.2) is 23.0 Å². The third kappa shape index (κ3) is 5.39. The summed E-state index contributed by atoms with van der Waals surface area (Å²) in [5, 5.41) is 12.7. The average molecular weight is 738 g/mol. The molecular formula is C30H27F3IN5O4S. The normalized spacial score (nSPS) is 20.2. The molecule has 0 spiro atoms. The van der Waals surface area contributed by atoms with Gasteiger partial charge in [-0.25, -0.2) is 18.0 Å². The quantitative estimate of drug-likeness (QED) is 0.215. The van der Waals surface area contributed by atoms with E-state index in [0.717, 1.165) is 36.8 Å². The summed E-state index contributed by atoms with van der Waals surface area (Å²) in [6, 6.07) is 5.77. The third-order valence-electron chi connectivity index (χ3n) is 7.90. The number of carbonyl (C=O) groups is 1. The first kappa shape index (κ1) is 30.6. The minimum Gasteiger partial charge on any atom is -0.463 e. The van der Waals surface area contributed by atoms with Crippen LogP contribution < -0.4 is 15.6 Å². The number of hydrogen-bond donors (Lipinski definition) is 2. The van der Waals surface area contributed by atoms with Gasteiger partial charge in [0.25, 0.3) is 11.6 Å². The summed E-state index contributed by atoms with van der Waals surface area (Å²) in [6.07, 6.45) is 0.171. The van der Waals surface area contributed by atoms with E-state index in [9.17, 15) is 19.2 Å². The lowest BCUT2D eigenvalue weighted by atomic mass is 9.95. The number of amides is 1.